The first-order chi connectivity index (χ1) is 9.13. The average Bonchev–Trinajstić information content (AvgIpc) is 3.25. The molecule has 0 saturated heterocycles. The topological polar surface area (TPSA) is 20.3 Å². The van der Waals surface area contributed by atoms with Crippen LogP contribution in [0.2, 0.25) is 0 Å². The van der Waals surface area contributed by atoms with Gasteiger partial charge in [0.25, 0.3) is 0 Å². The summed E-state index contributed by atoms with van der Waals surface area (Å²) in [5, 5.41) is 0. The molecule has 1 aromatic rings. The number of hydrogen-bond acceptors (Lipinski definition) is 1. The van der Waals surface area contributed by atoms with Crippen molar-refractivity contribution in [3.63, 3.8) is 0 Å². The van der Waals surface area contributed by atoms with Crippen molar-refractivity contribution in [3.8, 4) is 0 Å². The quantitative estimate of drug-likeness (QED) is 0.807. The van der Waals surface area contributed by atoms with Crippen molar-refractivity contribution in [2.24, 2.45) is 11.8 Å². The number of halogens is 2. The van der Waals surface area contributed by atoms with Crippen molar-refractivity contribution >= 4 is 21.8 Å². The summed E-state index contributed by atoms with van der Waals surface area (Å²) in [6.07, 6.45) is 4.48. The number of rotatable bonds is 5. The lowest BCUT2D eigenvalue weighted by molar-refractivity contribution is -0.133. The van der Waals surface area contributed by atoms with E-state index in [-0.39, 0.29) is 17.6 Å². The summed E-state index contributed by atoms with van der Waals surface area (Å²) in [6.45, 7) is 1.35. The molecule has 2 aliphatic carbocycles. The van der Waals surface area contributed by atoms with E-state index in [1.165, 1.54) is 25.0 Å². The van der Waals surface area contributed by atoms with Gasteiger partial charge < -0.3 is 4.90 Å². The van der Waals surface area contributed by atoms with E-state index in [9.17, 15) is 9.18 Å². The van der Waals surface area contributed by atoms with Crippen LogP contribution in [0.15, 0.2) is 22.7 Å². The van der Waals surface area contributed by atoms with Crippen LogP contribution < -0.4 is 0 Å². The Bertz CT molecular complexity index is 497. The highest BCUT2D eigenvalue weighted by atomic mass is 79.9. The highest BCUT2D eigenvalue weighted by Crippen LogP contribution is 2.35. The third-order valence-corrected chi connectivity index (χ3v) is 4.56. The van der Waals surface area contributed by atoms with Crippen molar-refractivity contribution in [1.82, 2.24) is 4.90 Å². The molecule has 0 atom stereocenters. The van der Waals surface area contributed by atoms with Gasteiger partial charge in [0, 0.05) is 23.5 Å². The predicted octanol–water partition coefficient (Wildman–Crippen LogP) is 3.74. The Morgan fingerprint density at radius 1 is 1.32 bits per heavy atom. The van der Waals surface area contributed by atoms with Crippen LogP contribution in [-0.4, -0.2) is 17.4 Å². The summed E-state index contributed by atoms with van der Waals surface area (Å²) in [7, 11) is 0. The number of carbonyl (C=O) groups is 1. The smallest absolute Gasteiger partial charge is 0.225 e. The van der Waals surface area contributed by atoms with E-state index < -0.39 is 0 Å². The molecule has 1 amide bonds. The Balaban J connectivity index is 1.74. The van der Waals surface area contributed by atoms with Gasteiger partial charge in [0.1, 0.15) is 5.82 Å². The molecule has 4 heteroatoms. The number of carbonyl (C=O) groups excluding carboxylic acids is 1. The van der Waals surface area contributed by atoms with Crippen molar-refractivity contribution < 1.29 is 9.18 Å². The highest BCUT2D eigenvalue weighted by Gasteiger charge is 2.36. The van der Waals surface area contributed by atoms with Crippen LogP contribution in [0.4, 0.5) is 4.39 Å². The largest absolute Gasteiger partial charge is 0.338 e. The van der Waals surface area contributed by atoms with Gasteiger partial charge in [0.05, 0.1) is 0 Å². The molecule has 0 spiro atoms. The number of benzene rings is 1. The van der Waals surface area contributed by atoms with Gasteiger partial charge in [-0.15, -0.1) is 0 Å². The van der Waals surface area contributed by atoms with Crippen LogP contribution in [0.5, 0.6) is 0 Å². The van der Waals surface area contributed by atoms with Crippen LogP contribution >= 0.6 is 15.9 Å². The van der Waals surface area contributed by atoms with Gasteiger partial charge in [-0.2, -0.15) is 0 Å². The predicted molar refractivity (Wildman–Crippen MR) is 75.0 cm³/mol. The Morgan fingerprint density at radius 2 is 2.05 bits per heavy atom. The first-order valence-corrected chi connectivity index (χ1v) is 7.65. The molecule has 19 heavy (non-hydrogen) atoms. The first kappa shape index (κ1) is 13.1. The Morgan fingerprint density at radius 3 is 2.68 bits per heavy atom. The molecule has 0 unspecified atom stereocenters. The Hall–Kier alpha value is -0.900. The summed E-state index contributed by atoms with van der Waals surface area (Å²) in [5.74, 6) is 0.896. The monoisotopic (exact) mass is 325 g/mol. The zero-order chi connectivity index (χ0) is 13.4. The minimum Gasteiger partial charge on any atom is -0.338 e. The minimum atomic E-state index is -0.247. The van der Waals surface area contributed by atoms with Crippen molar-refractivity contribution in [2.75, 3.05) is 6.54 Å². The zero-order valence-electron chi connectivity index (χ0n) is 10.7. The summed E-state index contributed by atoms with van der Waals surface area (Å²) in [4.78, 5) is 14.2. The third kappa shape index (κ3) is 3.35. The second kappa shape index (κ2) is 5.23. The second-order valence-electron chi connectivity index (χ2n) is 5.67. The lowest BCUT2D eigenvalue weighted by atomic mass is 10.2. The molecule has 3 rings (SSSR count). The van der Waals surface area contributed by atoms with Crippen LogP contribution in [-0.2, 0) is 11.3 Å². The first-order valence-electron chi connectivity index (χ1n) is 6.86. The molecule has 0 bridgehead atoms. The maximum absolute atomic E-state index is 13.3. The van der Waals surface area contributed by atoms with E-state index in [1.54, 1.807) is 6.07 Å². The molecule has 0 radical (unpaired) electrons. The van der Waals surface area contributed by atoms with E-state index in [0.29, 0.717) is 12.5 Å². The third-order valence-electron chi connectivity index (χ3n) is 3.78. The highest BCUT2D eigenvalue weighted by molar-refractivity contribution is 9.10. The maximum Gasteiger partial charge on any atom is 0.225 e. The number of amides is 1. The fourth-order valence-corrected chi connectivity index (χ4v) is 2.68. The van der Waals surface area contributed by atoms with Crippen molar-refractivity contribution in [1.29, 1.82) is 0 Å². The van der Waals surface area contributed by atoms with Crippen LogP contribution in [0.3, 0.4) is 0 Å². The number of hydrogen-bond donors (Lipinski definition) is 0. The van der Waals surface area contributed by atoms with Gasteiger partial charge in [-0.3, -0.25) is 4.79 Å². The van der Waals surface area contributed by atoms with Gasteiger partial charge in [-0.1, -0.05) is 15.9 Å². The minimum absolute atomic E-state index is 0.228. The molecule has 2 fully saturated rings. The fourth-order valence-electron chi connectivity index (χ4n) is 2.30. The zero-order valence-corrected chi connectivity index (χ0v) is 12.3. The Labute approximate surface area is 121 Å². The molecule has 2 aliphatic rings. The van der Waals surface area contributed by atoms with Crippen LogP contribution in [0.25, 0.3) is 0 Å². The van der Waals surface area contributed by atoms with Crippen LogP contribution in [0.1, 0.15) is 31.2 Å². The standard InChI is InChI=1S/C15H17BrFNO/c16-14-6-5-13(17)7-12(14)9-18(8-10-1-2-10)15(19)11-3-4-11/h5-7,10-11H,1-4,8-9H2. The second-order valence-corrected chi connectivity index (χ2v) is 6.53. The van der Waals surface area contributed by atoms with Gasteiger partial charge >= 0.3 is 0 Å². The fraction of sp³-hybridized carbons (Fsp3) is 0.533. The van der Waals surface area contributed by atoms with Gasteiger partial charge in [-0.05, 0) is 55.4 Å². The normalized spacial score (nSPS) is 18.4. The van der Waals surface area contributed by atoms with Crippen LogP contribution in [0, 0.1) is 17.7 Å². The average molecular weight is 326 g/mol. The summed E-state index contributed by atoms with van der Waals surface area (Å²) >= 11 is 3.44. The summed E-state index contributed by atoms with van der Waals surface area (Å²) in [6, 6.07) is 4.66. The van der Waals surface area contributed by atoms with Gasteiger partial charge in [0.15, 0.2) is 0 Å². The molecular formula is C15H17BrFNO. The van der Waals surface area contributed by atoms with E-state index in [2.05, 4.69) is 15.9 Å². The van der Waals surface area contributed by atoms with E-state index in [0.717, 1.165) is 29.4 Å². The van der Waals surface area contributed by atoms with Gasteiger partial charge in [0.2, 0.25) is 5.91 Å². The van der Waals surface area contributed by atoms with E-state index in [1.807, 2.05) is 4.90 Å². The van der Waals surface area contributed by atoms with E-state index in [4.69, 9.17) is 0 Å². The molecular weight excluding hydrogens is 309 g/mol. The maximum atomic E-state index is 13.3. The molecule has 0 heterocycles. The number of nitrogens with zero attached hydrogens (tertiary/aromatic N) is 1. The molecule has 0 N–H and O–H groups in total. The van der Waals surface area contributed by atoms with Crippen molar-refractivity contribution in [3.05, 3.63) is 34.1 Å². The summed E-state index contributed by atoms with van der Waals surface area (Å²) < 4.78 is 14.2. The van der Waals surface area contributed by atoms with Crippen molar-refractivity contribution in [2.45, 2.75) is 32.2 Å². The lowest BCUT2D eigenvalue weighted by Crippen LogP contribution is -2.33. The Kier molecular flexibility index (Phi) is 3.61. The lowest BCUT2D eigenvalue weighted by Gasteiger charge is -2.23. The SMILES string of the molecule is O=C(C1CC1)N(Cc1cc(F)ccc1Br)CC1CC1. The molecule has 102 valence electrons. The van der Waals surface area contributed by atoms with E-state index >= 15 is 0 Å². The van der Waals surface area contributed by atoms with Gasteiger partial charge in [-0.25, -0.2) is 4.39 Å². The molecule has 0 aromatic heterocycles. The summed E-state index contributed by atoms with van der Waals surface area (Å²) in [5.41, 5.74) is 0.856. The molecule has 2 nitrogen and oxygen atoms in total. The molecule has 0 aliphatic heterocycles. The molecule has 1 aromatic carbocycles. The molecule has 2 saturated carbocycles.